The number of carbonyl (C=O) groups excluding carboxylic acids is 1. The van der Waals surface area contributed by atoms with E-state index in [1.807, 2.05) is 24.3 Å². The minimum absolute atomic E-state index is 0.0934. The molecule has 5 heteroatoms. The average Bonchev–Trinajstić information content (AvgIpc) is 2.98. The number of furan rings is 1. The van der Waals surface area contributed by atoms with E-state index in [0.29, 0.717) is 11.1 Å². The lowest BCUT2D eigenvalue weighted by atomic mass is 10.2. The minimum Gasteiger partial charge on any atom is -0.463 e. The fraction of sp³-hybridized carbons (Fsp3) is 0.125. The van der Waals surface area contributed by atoms with Crippen LogP contribution in [0.2, 0.25) is 0 Å². The van der Waals surface area contributed by atoms with Gasteiger partial charge in [-0.2, -0.15) is 0 Å². The van der Waals surface area contributed by atoms with Crippen LogP contribution < -0.4 is 5.56 Å². The molecule has 0 atom stereocenters. The fourth-order valence-corrected chi connectivity index (χ4v) is 2.20. The molecule has 106 valence electrons. The lowest BCUT2D eigenvalue weighted by Crippen LogP contribution is -2.19. The summed E-state index contributed by atoms with van der Waals surface area (Å²) < 4.78 is 11.5. The van der Waals surface area contributed by atoms with Crippen LogP contribution in [0, 0.1) is 0 Å². The summed E-state index contributed by atoms with van der Waals surface area (Å²) in [7, 11) is 1.29. The second-order valence-corrected chi connectivity index (χ2v) is 4.59. The van der Waals surface area contributed by atoms with Crippen LogP contribution in [0.3, 0.4) is 0 Å². The van der Waals surface area contributed by atoms with Gasteiger partial charge in [0, 0.05) is 11.6 Å². The van der Waals surface area contributed by atoms with Crippen molar-refractivity contribution in [3.8, 4) is 0 Å². The Hall–Kier alpha value is -2.82. The first kappa shape index (κ1) is 13.2. The van der Waals surface area contributed by atoms with E-state index in [2.05, 4.69) is 4.74 Å². The summed E-state index contributed by atoms with van der Waals surface area (Å²) in [5.41, 5.74) is -0.0934. The largest absolute Gasteiger partial charge is 0.463 e. The molecule has 0 saturated carbocycles. The Kier molecular flexibility index (Phi) is 3.31. The molecule has 0 radical (unpaired) electrons. The van der Waals surface area contributed by atoms with Crippen LogP contribution in [-0.2, 0) is 11.3 Å². The molecule has 0 saturated heterocycles. The molecule has 0 aliphatic carbocycles. The number of aromatic nitrogens is 1. The zero-order valence-corrected chi connectivity index (χ0v) is 11.4. The highest BCUT2D eigenvalue weighted by molar-refractivity contribution is 5.86. The third-order valence-corrected chi connectivity index (χ3v) is 3.26. The predicted octanol–water partition coefficient (Wildman–Crippen LogP) is 2.43. The van der Waals surface area contributed by atoms with E-state index in [1.165, 1.54) is 13.2 Å². The molecule has 0 fully saturated rings. The van der Waals surface area contributed by atoms with Gasteiger partial charge in [0.15, 0.2) is 0 Å². The van der Waals surface area contributed by atoms with Crippen molar-refractivity contribution in [1.82, 2.24) is 4.57 Å². The molecule has 3 rings (SSSR count). The molecule has 1 aromatic carbocycles. The molecule has 2 aromatic heterocycles. The van der Waals surface area contributed by atoms with Gasteiger partial charge in [-0.1, -0.05) is 18.2 Å². The number of pyridine rings is 1. The molecule has 0 bridgehead atoms. The molecule has 0 aliphatic rings. The summed E-state index contributed by atoms with van der Waals surface area (Å²) in [5.74, 6) is 0.112. The molecular formula is C16H13NO4. The van der Waals surface area contributed by atoms with Crippen LogP contribution in [-0.4, -0.2) is 17.6 Å². The topological polar surface area (TPSA) is 61.4 Å². The van der Waals surface area contributed by atoms with Crippen molar-refractivity contribution < 1.29 is 13.9 Å². The van der Waals surface area contributed by atoms with Crippen molar-refractivity contribution in [3.63, 3.8) is 0 Å². The van der Waals surface area contributed by atoms with Gasteiger partial charge in [0.05, 0.1) is 13.7 Å². The number of ether oxygens (including phenoxy) is 1. The van der Waals surface area contributed by atoms with Crippen LogP contribution in [0.15, 0.2) is 57.9 Å². The summed E-state index contributed by atoms with van der Waals surface area (Å²) in [6.45, 7) is 0.265. The maximum absolute atomic E-state index is 12.4. The van der Waals surface area contributed by atoms with Gasteiger partial charge < -0.3 is 13.7 Å². The molecule has 21 heavy (non-hydrogen) atoms. The fourth-order valence-electron chi connectivity index (χ4n) is 2.20. The molecule has 0 N–H and O–H groups in total. The third kappa shape index (κ3) is 2.45. The van der Waals surface area contributed by atoms with Crippen LogP contribution in [0.5, 0.6) is 0 Å². The number of carbonyl (C=O) groups is 1. The molecule has 2 heterocycles. The van der Waals surface area contributed by atoms with Gasteiger partial charge in [-0.05, 0) is 29.7 Å². The number of hydrogen-bond donors (Lipinski definition) is 0. The summed E-state index contributed by atoms with van der Waals surface area (Å²) in [6.07, 6.45) is 1.71. The number of methoxy groups -OCH3 is 1. The summed E-state index contributed by atoms with van der Waals surface area (Å²) in [5, 5.41) is 1.55. The van der Waals surface area contributed by atoms with E-state index in [9.17, 15) is 9.59 Å². The van der Waals surface area contributed by atoms with Gasteiger partial charge in [-0.3, -0.25) is 4.79 Å². The van der Waals surface area contributed by atoms with E-state index in [1.54, 1.807) is 22.9 Å². The van der Waals surface area contributed by atoms with E-state index in [4.69, 9.17) is 4.42 Å². The minimum atomic E-state index is -0.535. The molecule has 5 nitrogen and oxygen atoms in total. The summed E-state index contributed by atoms with van der Waals surface area (Å²) in [6, 6.07) is 12.5. The Morgan fingerprint density at radius 3 is 2.81 bits per heavy atom. The average molecular weight is 283 g/mol. The monoisotopic (exact) mass is 283 g/mol. The third-order valence-electron chi connectivity index (χ3n) is 3.26. The Labute approximate surface area is 120 Å². The standard InChI is InChI=1S/C16H13NO4/c1-20-16(19)14-7-6-12(21-14)10-17-9-8-11-4-2-3-5-13(11)15(17)18/h2-9H,10H2,1H3. The lowest BCUT2D eigenvalue weighted by Gasteiger charge is -2.05. The van der Waals surface area contributed by atoms with Crippen LogP contribution in [0.25, 0.3) is 10.8 Å². The number of benzene rings is 1. The maximum atomic E-state index is 12.4. The van der Waals surface area contributed by atoms with Crippen LogP contribution in [0.4, 0.5) is 0 Å². The van der Waals surface area contributed by atoms with E-state index < -0.39 is 5.97 Å². The lowest BCUT2D eigenvalue weighted by molar-refractivity contribution is 0.0563. The summed E-state index contributed by atoms with van der Waals surface area (Å²) >= 11 is 0. The molecule has 0 unspecified atom stereocenters. The Morgan fingerprint density at radius 1 is 1.19 bits per heavy atom. The molecule has 0 amide bonds. The normalized spacial score (nSPS) is 10.7. The van der Waals surface area contributed by atoms with Gasteiger partial charge in [0.25, 0.3) is 5.56 Å². The first-order chi connectivity index (χ1) is 10.2. The van der Waals surface area contributed by atoms with Gasteiger partial charge in [-0.25, -0.2) is 4.79 Å². The number of esters is 1. The van der Waals surface area contributed by atoms with Crippen molar-refractivity contribution in [2.45, 2.75) is 6.54 Å². The second-order valence-electron chi connectivity index (χ2n) is 4.59. The maximum Gasteiger partial charge on any atom is 0.373 e. The van der Waals surface area contributed by atoms with E-state index >= 15 is 0 Å². The molecule has 3 aromatic rings. The first-order valence-electron chi connectivity index (χ1n) is 6.44. The number of fused-ring (bicyclic) bond motifs is 1. The second kappa shape index (κ2) is 5.28. The molecular weight excluding hydrogens is 270 g/mol. The van der Waals surface area contributed by atoms with E-state index in [0.717, 1.165) is 5.39 Å². The Morgan fingerprint density at radius 2 is 2.00 bits per heavy atom. The van der Waals surface area contributed by atoms with Crippen molar-refractivity contribution in [3.05, 3.63) is 70.5 Å². The smallest absolute Gasteiger partial charge is 0.373 e. The van der Waals surface area contributed by atoms with Gasteiger partial charge in [0.1, 0.15) is 5.76 Å². The summed E-state index contributed by atoms with van der Waals surface area (Å²) in [4.78, 5) is 23.7. The zero-order chi connectivity index (χ0) is 14.8. The predicted molar refractivity (Wildman–Crippen MR) is 77.4 cm³/mol. The highest BCUT2D eigenvalue weighted by Crippen LogP contribution is 2.12. The van der Waals surface area contributed by atoms with Crippen molar-refractivity contribution in [2.75, 3.05) is 7.11 Å². The van der Waals surface area contributed by atoms with Crippen LogP contribution in [0.1, 0.15) is 16.3 Å². The van der Waals surface area contributed by atoms with Gasteiger partial charge in [0.2, 0.25) is 5.76 Å². The highest BCUT2D eigenvalue weighted by atomic mass is 16.5. The molecule has 0 spiro atoms. The van der Waals surface area contributed by atoms with Crippen molar-refractivity contribution >= 4 is 16.7 Å². The first-order valence-corrected chi connectivity index (χ1v) is 6.44. The highest BCUT2D eigenvalue weighted by Gasteiger charge is 2.12. The number of hydrogen-bond acceptors (Lipinski definition) is 4. The Bertz CT molecular complexity index is 860. The quantitative estimate of drug-likeness (QED) is 0.693. The SMILES string of the molecule is COC(=O)c1ccc(Cn2ccc3ccccc3c2=O)o1. The van der Waals surface area contributed by atoms with Crippen LogP contribution >= 0.6 is 0 Å². The number of rotatable bonds is 3. The van der Waals surface area contributed by atoms with Gasteiger partial charge in [-0.15, -0.1) is 0 Å². The zero-order valence-electron chi connectivity index (χ0n) is 11.4. The Balaban J connectivity index is 1.95. The van der Waals surface area contributed by atoms with Gasteiger partial charge >= 0.3 is 5.97 Å². The van der Waals surface area contributed by atoms with E-state index in [-0.39, 0.29) is 17.9 Å². The van der Waals surface area contributed by atoms with Crippen molar-refractivity contribution in [1.29, 1.82) is 0 Å². The number of nitrogens with zero attached hydrogens (tertiary/aromatic N) is 1. The van der Waals surface area contributed by atoms with Crippen molar-refractivity contribution in [2.24, 2.45) is 0 Å². The molecule has 0 aliphatic heterocycles.